The van der Waals surface area contributed by atoms with Crippen molar-refractivity contribution in [3.8, 4) is 5.75 Å². The predicted octanol–water partition coefficient (Wildman–Crippen LogP) is 4.59. The molecule has 0 fully saturated rings. The SMILES string of the molecule is CCOc1ccc([C@H]2C[C@@H](c3ccc(Br)cc3)Nc3ncnn32)cc1. The molecule has 1 aliphatic heterocycles. The largest absolute Gasteiger partial charge is 0.494 e. The molecule has 4 rings (SSSR count). The van der Waals surface area contributed by atoms with Gasteiger partial charge < -0.3 is 10.1 Å². The minimum atomic E-state index is 0.142. The molecule has 0 spiro atoms. The molecule has 1 aromatic heterocycles. The number of benzene rings is 2. The third-order valence-corrected chi connectivity index (χ3v) is 5.01. The second kappa shape index (κ2) is 6.88. The Hall–Kier alpha value is -2.34. The average molecular weight is 399 g/mol. The van der Waals surface area contributed by atoms with E-state index in [4.69, 9.17) is 4.74 Å². The van der Waals surface area contributed by atoms with Crippen molar-refractivity contribution in [3.63, 3.8) is 0 Å². The van der Waals surface area contributed by atoms with Crippen LogP contribution in [0.5, 0.6) is 5.75 Å². The van der Waals surface area contributed by atoms with E-state index in [0.29, 0.717) is 6.61 Å². The first-order chi connectivity index (χ1) is 12.2. The molecule has 6 heteroatoms. The summed E-state index contributed by atoms with van der Waals surface area (Å²) < 4.78 is 8.60. The number of nitrogens with one attached hydrogen (secondary N) is 1. The first kappa shape index (κ1) is 16.1. The van der Waals surface area contributed by atoms with E-state index in [2.05, 4.69) is 67.7 Å². The fourth-order valence-electron chi connectivity index (χ4n) is 3.26. The van der Waals surface area contributed by atoms with Crippen molar-refractivity contribution < 1.29 is 4.74 Å². The molecule has 128 valence electrons. The summed E-state index contributed by atoms with van der Waals surface area (Å²) in [5, 5.41) is 7.91. The summed E-state index contributed by atoms with van der Waals surface area (Å²) in [6.07, 6.45) is 2.51. The summed E-state index contributed by atoms with van der Waals surface area (Å²) in [7, 11) is 0. The van der Waals surface area contributed by atoms with Crippen LogP contribution in [0.3, 0.4) is 0 Å². The molecule has 0 saturated heterocycles. The van der Waals surface area contributed by atoms with Crippen molar-refractivity contribution in [2.24, 2.45) is 0 Å². The van der Waals surface area contributed by atoms with E-state index in [-0.39, 0.29) is 12.1 Å². The molecule has 3 aromatic rings. The zero-order valence-corrected chi connectivity index (χ0v) is 15.5. The van der Waals surface area contributed by atoms with Gasteiger partial charge in [0.05, 0.1) is 18.7 Å². The molecule has 2 heterocycles. The molecular weight excluding hydrogens is 380 g/mol. The van der Waals surface area contributed by atoms with Gasteiger partial charge in [0, 0.05) is 4.47 Å². The summed E-state index contributed by atoms with van der Waals surface area (Å²) in [6, 6.07) is 17.0. The van der Waals surface area contributed by atoms with Gasteiger partial charge in [-0.25, -0.2) is 4.68 Å². The standard InChI is InChI=1S/C19H19BrN4O/c1-2-25-16-9-5-14(6-10-16)18-11-17(13-3-7-15(20)8-4-13)23-19-21-12-22-24(18)19/h3-10,12,17-18H,2,11H2,1H3,(H,21,22,23)/t17-,18+/m0/s1. The number of aromatic nitrogens is 3. The van der Waals surface area contributed by atoms with Crippen LogP contribution in [-0.2, 0) is 0 Å². The highest BCUT2D eigenvalue weighted by Gasteiger charge is 2.29. The summed E-state index contributed by atoms with van der Waals surface area (Å²) in [5.74, 6) is 1.70. The maximum Gasteiger partial charge on any atom is 0.222 e. The zero-order valence-electron chi connectivity index (χ0n) is 13.9. The maximum absolute atomic E-state index is 5.55. The number of nitrogens with zero attached hydrogens (tertiary/aromatic N) is 3. The molecule has 0 saturated carbocycles. The lowest BCUT2D eigenvalue weighted by atomic mass is 9.93. The van der Waals surface area contributed by atoms with Gasteiger partial charge in [-0.3, -0.25) is 0 Å². The fourth-order valence-corrected chi connectivity index (χ4v) is 3.53. The van der Waals surface area contributed by atoms with Crippen molar-refractivity contribution in [2.45, 2.75) is 25.4 Å². The fraction of sp³-hybridized carbons (Fsp3) is 0.263. The van der Waals surface area contributed by atoms with Crippen LogP contribution in [0.4, 0.5) is 5.95 Å². The first-order valence-corrected chi connectivity index (χ1v) is 9.18. The van der Waals surface area contributed by atoms with E-state index in [9.17, 15) is 0 Å². The molecule has 2 aromatic carbocycles. The lowest BCUT2D eigenvalue weighted by molar-refractivity contribution is 0.340. The smallest absolute Gasteiger partial charge is 0.222 e. The second-order valence-corrected chi connectivity index (χ2v) is 6.95. The number of anilines is 1. The predicted molar refractivity (Wildman–Crippen MR) is 101 cm³/mol. The van der Waals surface area contributed by atoms with Crippen molar-refractivity contribution in [1.82, 2.24) is 14.8 Å². The van der Waals surface area contributed by atoms with E-state index in [1.54, 1.807) is 6.33 Å². The summed E-state index contributed by atoms with van der Waals surface area (Å²) in [6.45, 7) is 2.66. The first-order valence-electron chi connectivity index (χ1n) is 8.39. The minimum absolute atomic E-state index is 0.142. The Morgan fingerprint density at radius 2 is 1.84 bits per heavy atom. The number of rotatable bonds is 4. The third kappa shape index (κ3) is 3.26. The maximum atomic E-state index is 5.55. The second-order valence-electron chi connectivity index (χ2n) is 6.03. The van der Waals surface area contributed by atoms with Gasteiger partial charge in [-0.1, -0.05) is 40.2 Å². The number of hydrogen-bond donors (Lipinski definition) is 1. The highest BCUT2D eigenvalue weighted by atomic mass is 79.9. The highest BCUT2D eigenvalue weighted by Crippen LogP contribution is 2.37. The molecule has 1 N–H and O–H groups in total. The van der Waals surface area contributed by atoms with Gasteiger partial charge in [-0.15, -0.1) is 0 Å². The number of fused-ring (bicyclic) bond motifs is 1. The van der Waals surface area contributed by atoms with E-state index in [0.717, 1.165) is 22.6 Å². The van der Waals surface area contributed by atoms with E-state index >= 15 is 0 Å². The Kier molecular flexibility index (Phi) is 4.44. The van der Waals surface area contributed by atoms with Crippen LogP contribution < -0.4 is 10.1 Å². The number of halogens is 1. The molecule has 2 atom stereocenters. The Labute approximate surface area is 155 Å². The van der Waals surface area contributed by atoms with Crippen LogP contribution >= 0.6 is 15.9 Å². The number of hydrogen-bond acceptors (Lipinski definition) is 4. The van der Waals surface area contributed by atoms with Gasteiger partial charge in [0.15, 0.2) is 0 Å². The molecule has 0 radical (unpaired) electrons. The molecule has 0 amide bonds. The summed E-state index contributed by atoms with van der Waals surface area (Å²) >= 11 is 3.50. The molecule has 0 unspecified atom stereocenters. The van der Waals surface area contributed by atoms with Crippen molar-refractivity contribution in [1.29, 1.82) is 0 Å². The molecule has 0 bridgehead atoms. The van der Waals surface area contributed by atoms with Crippen LogP contribution in [0, 0.1) is 0 Å². The Bertz CT molecular complexity index is 845. The van der Waals surface area contributed by atoms with Crippen molar-refractivity contribution >= 4 is 21.9 Å². The van der Waals surface area contributed by atoms with Gasteiger partial charge in [0.1, 0.15) is 12.1 Å². The minimum Gasteiger partial charge on any atom is -0.494 e. The summed E-state index contributed by atoms with van der Waals surface area (Å²) in [4.78, 5) is 4.38. The zero-order chi connectivity index (χ0) is 17.2. The van der Waals surface area contributed by atoms with E-state index in [1.807, 2.05) is 23.7 Å². The van der Waals surface area contributed by atoms with Gasteiger partial charge >= 0.3 is 0 Å². The molecule has 1 aliphatic rings. The van der Waals surface area contributed by atoms with Crippen LogP contribution in [0.1, 0.15) is 36.6 Å². The Balaban J connectivity index is 1.65. The lowest BCUT2D eigenvalue weighted by Crippen LogP contribution is -2.28. The van der Waals surface area contributed by atoms with Gasteiger partial charge in [0.25, 0.3) is 0 Å². The monoisotopic (exact) mass is 398 g/mol. The third-order valence-electron chi connectivity index (χ3n) is 4.48. The van der Waals surface area contributed by atoms with Gasteiger partial charge in [-0.05, 0) is 48.7 Å². The van der Waals surface area contributed by atoms with Gasteiger partial charge in [-0.2, -0.15) is 10.1 Å². The van der Waals surface area contributed by atoms with Gasteiger partial charge in [0.2, 0.25) is 5.95 Å². The normalized spacial score (nSPS) is 19.1. The Morgan fingerprint density at radius 1 is 1.12 bits per heavy atom. The quantitative estimate of drug-likeness (QED) is 0.698. The molecule has 0 aliphatic carbocycles. The average Bonchev–Trinajstić information content (AvgIpc) is 3.11. The lowest BCUT2D eigenvalue weighted by Gasteiger charge is -2.32. The van der Waals surface area contributed by atoms with E-state index in [1.165, 1.54) is 11.1 Å². The topological polar surface area (TPSA) is 52.0 Å². The van der Waals surface area contributed by atoms with Crippen LogP contribution in [0.25, 0.3) is 0 Å². The van der Waals surface area contributed by atoms with E-state index < -0.39 is 0 Å². The van der Waals surface area contributed by atoms with Crippen LogP contribution in [0.15, 0.2) is 59.3 Å². The Morgan fingerprint density at radius 3 is 2.56 bits per heavy atom. The highest BCUT2D eigenvalue weighted by molar-refractivity contribution is 9.10. The molecular formula is C19H19BrN4O. The molecule has 25 heavy (non-hydrogen) atoms. The summed E-state index contributed by atoms with van der Waals surface area (Å²) in [5.41, 5.74) is 2.45. The van der Waals surface area contributed by atoms with Crippen LogP contribution in [0.2, 0.25) is 0 Å². The number of ether oxygens (including phenoxy) is 1. The molecule has 5 nitrogen and oxygen atoms in total. The van der Waals surface area contributed by atoms with Crippen LogP contribution in [-0.4, -0.2) is 21.4 Å². The van der Waals surface area contributed by atoms with Crippen molar-refractivity contribution in [2.75, 3.05) is 11.9 Å². The van der Waals surface area contributed by atoms with Crippen molar-refractivity contribution in [3.05, 3.63) is 70.5 Å².